The highest BCUT2D eigenvalue weighted by molar-refractivity contribution is 5.99. The maximum absolute atomic E-state index is 9.99. The summed E-state index contributed by atoms with van der Waals surface area (Å²) in [6.45, 7) is 8.97. The summed E-state index contributed by atoms with van der Waals surface area (Å²) < 4.78 is 2.20. The van der Waals surface area contributed by atoms with Gasteiger partial charge in [0, 0.05) is 17.5 Å². The van der Waals surface area contributed by atoms with E-state index in [0.29, 0.717) is 6.42 Å². The molecule has 2 nitrogen and oxygen atoms in total. The molecule has 0 fully saturated rings. The van der Waals surface area contributed by atoms with Crippen molar-refractivity contribution in [3.63, 3.8) is 0 Å². The van der Waals surface area contributed by atoms with Crippen LogP contribution in [0.25, 0.3) is 39.4 Å². The summed E-state index contributed by atoms with van der Waals surface area (Å²) in [5.74, 6) is 0. The van der Waals surface area contributed by atoms with Crippen molar-refractivity contribution in [1.29, 1.82) is 0 Å². The van der Waals surface area contributed by atoms with Crippen molar-refractivity contribution < 1.29 is 9.67 Å². The minimum atomic E-state index is -0.293. The summed E-state index contributed by atoms with van der Waals surface area (Å²) in [5, 5.41) is 12.6. The summed E-state index contributed by atoms with van der Waals surface area (Å²) >= 11 is 0. The Morgan fingerprint density at radius 3 is 2.45 bits per heavy atom. The van der Waals surface area contributed by atoms with Crippen LogP contribution in [0, 0.1) is 6.92 Å². The summed E-state index contributed by atoms with van der Waals surface area (Å²) in [6.07, 6.45) is 7.40. The number of rotatable bonds is 5. The molecule has 0 saturated heterocycles. The van der Waals surface area contributed by atoms with Gasteiger partial charge in [-0.15, -0.1) is 0 Å². The second-order valence-electron chi connectivity index (χ2n) is 9.69. The third-order valence-corrected chi connectivity index (χ3v) is 7.17. The molecule has 0 amide bonds. The molecule has 1 aliphatic rings. The van der Waals surface area contributed by atoms with E-state index in [-0.39, 0.29) is 11.5 Å². The summed E-state index contributed by atoms with van der Waals surface area (Å²) in [4.78, 5) is 0. The van der Waals surface area contributed by atoms with E-state index >= 15 is 0 Å². The van der Waals surface area contributed by atoms with Crippen LogP contribution in [0.5, 0.6) is 0 Å². The van der Waals surface area contributed by atoms with Crippen LogP contribution in [-0.4, -0.2) is 11.2 Å². The van der Waals surface area contributed by atoms with Crippen molar-refractivity contribution in [2.75, 3.05) is 0 Å². The van der Waals surface area contributed by atoms with Crippen molar-refractivity contribution in [3.05, 3.63) is 95.7 Å². The normalized spacial score (nSPS) is 15.1. The molecule has 0 aliphatic heterocycles. The first-order valence-corrected chi connectivity index (χ1v) is 12.0. The molecule has 5 rings (SSSR count). The van der Waals surface area contributed by atoms with E-state index in [1.807, 2.05) is 6.92 Å². The SMILES string of the molecule is CCC(O)C/C=C/[n+]1ccccc1-c1c(C)ccc2c1C(C)(C)c1c-2ccc2ccccc12. The van der Waals surface area contributed by atoms with E-state index in [1.54, 1.807) is 0 Å². The minimum absolute atomic E-state index is 0.122. The van der Waals surface area contributed by atoms with Gasteiger partial charge in [-0.25, -0.2) is 0 Å². The average molecular weight is 435 g/mol. The zero-order valence-corrected chi connectivity index (χ0v) is 20.0. The van der Waals surface area contributed by atoms with E-state index in [0.717, 1.165) is 6.42 Å². The lowest BCUT2D eigenvalue weighted by atomic mass is 9.77. The molecule has 1 aliphatic carbocycles. The largest absolute Gasteiger partial charge is 0.393 e. The number of aryl methyl sites for hydroxylation is 1. The van der Waals surface area contributed by atoms with Gasteiger partial charge in [0.25, 0.3) is 0 Å². The second kappa shape index (κ2) is 8.28. The first kappa shape index (κ1) is 21.6. The molecule has 0 spiro atoms. The maximum Gasteiger partial charge on any atom is 0.218 e. The highest BCUT2D eigenvalue weighted by atomic mass is 16.3. The van der Waals surface area contributed by atoms with Gasteiger partial charge in [0.15, 0.2) is 12.4 Å². The fourth-order valence-electron chi connectivity index (χ4n) is 5.50. The lowest BCUT2D eigenvalue weighted by Crippen LogP contribution is -2.30. The molecule has 3 aromatic carbocycles. The number of hydrogen-bond donors (Lipinski definition) is 1. The minimum Gasteiger partial charge on any atom is -0.393 e. The number of nitrogens with zero attached hydrogens (tertiary/aromatic N) is 1. The number of aliphatic hydroxyl groups is 1. The molecule has 0 radical (unpaired) electrons. The molecule has 4 aromatic rings. The molecule has 2 heteroatoms. The van der Waals surface area contributed by atoms with Gasteiger partial charge in [0.2, 0.25) is 5.69 Å². The van der Waals surface area contributed by atoms with E-state index in [2.05, 4.69) is 111 Å². The quantitative estimate of drug-likeness (QED) is 0.335. The molecule has 1 atom stereocenters. The molecule has 166 valence electrons. The first-order chi connectivity index (χ1) is 15.9. The average Bonchev–Trinajstić information content (AvgIpc) is 3.06. The lowest BCUT2D eigenvalue weighted by molar-refractivity contribution is -0.556. The van der Waals surface area contributed by atoms with E-state index in [1.165, 1.54) is 49.8 Å². The van der Waals surface area contributed by atoms with Gasteiger partial charge in [-0.2, -0.15) is 4.57 Å². The van der Waals surface area contributed by atoms with Crippen LogP contribution in [-0.2, 0) is 5.41 Å². The number of fused-ring (bicyclic) bond motifs is 5. The summed E-state index contributed by atoms with van der Waals surface area (Å²) in [7, 11) is 0. The fraction of sp³-hybridized carbons (Fsp3) is 0.258. The molecular weight excluding hydrogens is 402 g/mol. The van der Waals surface area contributed by atoms with Crippen LogP contribution in [0.15, 0.2) is 79.0 Å². The van der Waals surface area contributed by atoms with E-state index in [4.69, 9.17) is 0 Å². The Balaban J connectivity index is 1.73. The zero-order valence-electron chi connectivity index (χ0n) is 20.0. The molecule has 0 saturated carbocycles. The number of pyridine rings is 1. The number of benzene rings is 3. The van der Waals surface area contributed by atoms with Crippen LogP contribution in [0.2, 0.25) is 0 Å². The highest BCUT2D eigenvalue weighted by Crippen LogP contribution is 2.54. The van der Waals surface area contributed by atoms with Gasteiger partial charge < -0.3 is 5.11 Å². The Morgan fingerprint density at radius 2 is 1.64 bits per heavy atom. The Hall–Kier alpha value is -3.23. The fourth-order valence-corrected chi connectivity index (χ4v) is 5.50. The van der Waals surface area contributed by atoms with Crippen molar-refractivity contribution in [3.8, 4) is 22.4 Å². The molecule has 1 heterocycles. The number of hydrogen-bond acceptors (Lipinski definition) is 1. The maximum atomic E-state index is 9.99. The summed E-state index contributed by atoms with van der Waals surface area (Å²) in [6, 6.07) is 24.2. The predicted octanol–water partition coefficient (Wildman–Crippen LogP) is 7.04. The Kier molecular flexibility index (Phi) is 5.42. The van der Waals surface area contributed by atoms with Gasteiger partial charge in [0.1, 0.15) is 0 Å². The van der Waals surface area contributed by atoms with E-state index in [9.17, 15) is 5.11 Å². The summed E-state index contributed by atoms with van der Waals surface area (Å²) in [5.41, 5.74) is 9.14. The number of aliphatic hydroxyl groups excluding tert-OH is 1. The standard InChI is InChI=1S/C31H32NO/c1-5-23(33)12-10-20-32-19-9-8-14-27(32)28-21(2)15-17-26-25-18-16-22-11-6-7-13-24(22)29(25)31(3,4)30(26)28/h6-11,13-20,23,33H,5,12H2,1-4H3/q+1/b20-10+. The molecule has 1 N–H and O–H groups in total. The van der Waals surface area contributed by atoms with Crippen molar-refractivity contribution >= 4 is 17.0 Å². The topological polar surface area (TPSA) is 24.1 Å². The van der Waals surface area contributed by atoms with Crippen LogP contribution in [0.1, 0.15) is 50.3 Å². The van der Waals surface area contributed by atoms with Crippen LogP contribution >= 0.6 is 0 Å². The first-order valence-electron chi connectivity index (χ1n) is 12.0. The Bertz CT molecular complexity index is 1380. The molecular formula is C31H32NO+. The van der Waals surface area contributed by atoms with Crippen molar-refractivity contribution in [2.45, 2.75) is 52.1 Å². The molecule has 0 bridgehead atoms. The van der Waals surface area contributed by atoms with Crippen molar-refractivity contribution in [1.82, 2.24) is 0 Å². The van der Waals surface area contributed by atoms with Gasteiger partial charge >= 0.3 is 0 Å². The van der Waals surface area contributed by atoms with Crippen LogP contribution in [0.3, 0.4) is 0 Å². The molecule has 33 heavy (non-hydrogen) atoms. The van der Waals surface area contributed by atoms with Crippen LogP contribution < -0.4 is 4.57 Å². The van der Waals surface area contributed by atoms with Gasteiger partial charge in [-0.05, 0) is 70.5 Å². The van der Waals surface area contributed by atoms with Gasteiger partial charge in [0.05, 0.1) is 11.7 Å². The van der Waals surface area contributed by atoms with E-state index < -0.39 is 0 Å². The third-order valence-electron chi connectivity index (χ3n) is 7.17. The smallest absolute Gasteiger partial charge is 0.218 e. The Morgan fingerprint density at radius 1 is 0.909 bits per heavy atom. The van der Waals surface area contributed by atoms with Gasteiger partial charge in [-0.3, -0.25) is 0 Å². The van der Waals surface area contributed by atoms with Crippen LogP contribution in [0.4, 0.5) is 0 Å². The second-order valence-corrected chi connectivity index (χ2v) is 9.69. The third kappa shape index (κ3) is 3.50. The van der Waals surface area contributed by atoms with Crippen molar-refractivity contribution in [2.24, 2.45) is 0 Å². The van der Waals surface area contributed by atoms with Gasteiger partial charge in [-0.1, -0.05) is 69.3 Å². The predicted molar refractivity (Wildman–Crippen MR) is 138 cm³/mol. The highest BCUT2D eigenvalue weighted by Gasteiger charge is 2.40. The molecule has 1 aromatic heterocycles. The lowest BCUT2D eigenvalue weighted by Gasteiger charge is -2.25. The number of aromatic nitrogens is 1. The Labute approximate surface area is 196 Å². The molecule has 1 unspecified atom stereocenters. The zero-order chi connectivity index (χ0) is 23.2. The monoisotopic (exact) mass is 434 g/mol.